The molecule has 0 atom stereocenters. The Bertz CT molecular complexity index is 842. The number of aryl methyl sites for hydroxylation is 1. The number of nitrogens with two attached hydrogens (primary N) is 1. The number of thiazole rings is 1. The second-order valence-corrected chi connectivity index (χ2v) is 5.57. The van der Waals surface area contributed by atoms with Gasteiger partial charge in [-0.25, -0.2) is 9.97 Å². The summed E-state index contributed by atoms with van der Waals surface area (Å²) in [6.07, 6.45) is 0. The summed E-state index contributed by atoms with van der Waals surface area (Å²) in [6, 6.07) is 7.54. The maximum atomic E-state index is 11.9. The van der Waals surface area contributed by atoms with Gasteiger partial charge in [-0.2, -0.15) is 0 Å². The van der Waals surface area contributed by atoms with Gasteiger partial charge in [0.25, 0.3) is 5.91 Å². The maximum Gasteiger partial charge on any atom is 0.254 e. The molecule has 3 rings (SSSR count). The van der Waals surface area contributed by atoms with Gasteiger partial charge >= 0.3 is 0 Å². The maximum absolute atomic E-state index is 11.9. The predicted molar refractivity (Wildman–Crippen MR) is 82.7 cm³/mol. The van der Waals surface area contributed by atoms with Gasteiger partial charge < -0.3 is 10.5 Å². The van der Waals surface area contributed by atoms with E-state index in [4.69, 9.17) is 10.5 Å². The number of fused-ring (bicyclic) bond motifs is 1. The van der Waals surface area contributed by atoms with Gasteiger partial charge in [-0.3, -0.25) is 4.79 Å². The van der Waals surface area contributed by atoms with Gasteiger partial charge in [0.1, 0.15) is 5.56 Å². The first-order chi connectivity index (χ1) is 10.1. The number of nitrogens with zero attached hydrogens (tertiary/aromatic N) is 2. The fourth-order valence-corrected chi connectivity index (χ4v) is 2.91. The standard InChI is InChI=1S/C15H13N3O2S/c1-8-17-11(7-21-8)12-9-5-3-4-6-10(9)18-15(20-2)13(12)14(16)19/h3-7H,1-2H3,(H2,16,19). The number of carbonyl (C=O) groups excluding carboxylic acids is 1. The second kappa shape index (κ2) is 5.14. The predicted octanol–water partition coefficient (Wildman–Crippen LogP) is 2.77. The first kappa shape index (κ1) is 13.5. The molecule has 0 aliphatic heterocycles. The number of primary amides is 1. The van der Waals surface area contributed by atoms with Crippen molar-refractivity contribution in [2.24, 2.45) is 5.73 Å². The molecule has 2 N–H and O–H groups in total. The van der Waals surface area contributed by atoms with Crippen molar-refractivity contribution in [1.82, 2.24) is 9.97 Å². The highest BCUT2D eigenvalue weighted by Gasteiger charge is 2.22. The minimum absolute atomic E-state index is 0.224. The number of rotatable bonds is 3. The largest absolute Gasteiger partial charge is 0.480 e. The lowest BCUT2D eigenvalue weighted by molar-refractivity contribution is 0.0997. The Morgan fingerprint density at radius 3 is 2.67 bits per heavy atom. The van der Waals surface area contributed by atoms with Crippen LogP contribution in [0.5, 0.6) is 5.88 Å². The smallest absolute Gasteiger partial charge is 0.254 e. The van der Waals surface area contributed by atoms with Gasteiger partial charge in [-0.1, -0.05) is 18.2 Å². The van der Waals surface area contributed by atoms with Crippen LogP contribution in [0.25, 0.3) is 22.2 Å². The van der Waals surface area contributed by atoms with Crippen LogP contribution in [0.15, 0.2) is 29.6 Å². The molecular formula is C15H13N3O2S. The molecule has 1 amide bonds. The third-order valence-electron chi connectivity index (χ3n) is 3.17. The highest BCUT2D eigenvalue weighted by Crippen LogP contribution is 2.36. The number of hydrogen-bond acceptors (Lipinski definition) is 5. The Balaban J connectivity index is 2.47. The van der Waals surface area contributed by atoms with Gasteiger partial charge in [-0.05, 0) is 13.0 Å². The molecule has 0 unspecified atom stereocenters. The molecule has 2 aromatic heterocycles. The van der Waals surface area contributed by atoms with E-state index < -0.39 is 5.91 Å². The Kier molecular flexibility index (Phi) is 3.31. The topological polar surface area (TPSA) is 78.1 Å². The molecule has 0 fully saturated rings. The summed E-state index contributed by atoms with van der Waals surface area (Å²) in [7, 11) is 1.47. The molecule has 1 aromatic carbocycles. The van der Waals surface area contributed by atoms with Gasteiger partial charge in [0.2, 0.25) is 5.88 Å². The van der Waals surface area contributed by atoms with Gasteiger partial charge in [-0.15, -0.1) is 11.3 Å². The van der Waals surface area contributed by atoms with E-state index in [9.17, 15) is 4.79 Å². The van der Waals surface area contributed by atoms with Crippen LogP contribution in [0.1, 0.15) is 15.4 Å². The summed E-state index contributed by atoms with van der Waals surface area (Å²) < 4.78 is 5.25. The minimum Gasteiger partial charge on any atom is -0.480 e. The van der Waals surface area contributed by atoms with Crippen LogP contribution in [0.3, 0.4) is 0 Å². The zero-order chi connectivity index (χ0) is 15.0. The molecule has 106 valence electrons. The number of ether oxygens (including phenoxy) is 1. The molecular weight excluding hydrogens is 286 g/mol. The molecule has 0 aliphatic rings. The molecule has 2 heterocycles. The number of hydrogen-bond donors (Lipinski definition) is 1. The Morgan fingerprint density at radius 2 is 2.05 bits per heavy atom. The van der Waals surface area contributed by atoms with Crippen molar-refractivity contribution in [2.75, 3.05) is 7.11 Å². The zero-order valence-electron chi connectivity index (χ0n) is 11.6. The van der Waals surface area contributed by atoms with Crippen molar-refractivity contribution < 1.29 is 9.53 Å². The van der Waals surface area contributed by atoms with E-state index in [2.05, 4.69) is 9.97 Å². The van der Waals surface area contributed by atoms with E-state index in [1.165, 1.54) is 18.4 Å². The summed E-state index contributed by atoms with van der Waals surface area (Å²) >= 11 is 1.52. The van der Waals surface area contributed by atoms with Gasteiger partial charge in [0.05, 0.1) is 23.3 Å². The number of aromatic nitrogens is 2. The molecule has 6 heteroatoms. The van der Waals surface area contributed by atoms with Crippen molar-refractivity contribution in [2.45, 2.75) is 6.92 Å². The van der Waals surface area contributed by atoms with Crippen molar-refractivity contribution in [3.63, 3.8) is 0 Å². The summed E-state index contributed by atoms with van der Waals surface area (Å²) in [6.45, 7) is 1.92. The highest BCUT2D eigenvalue weighted by molar-refractivity contribution is 7.09. The summed E-state index contributed by atoms with van der Waals surface area (Å²) in [4.78, 5) is 20.7. The molecule has 3 aromatic rings. The normalized spacial score (nSPS) is 10.8. The van der Waals surface area contributed by atoms with Crippen molar-refractivity contribution in [3.8, 4) is 17.1 Å². The first-order valence-electron chi connectivity index (χ1n) is 6.31. The highest BCUT2D eigenvalue weighted by atomic mass is 32.1. The van der Waals surface area contributed by atoms with E-state index in [0.717, 1.165) is 15.9 Å². The van der Waals surface area contributed by atoms with Crippen LogP contribution in [-0.2, 0) is 0 Å². The van der Waals surface area contributed by atoms with Crippen LogP contribution in [0.4, 0.5) is 0 Å². The van der Waals surface area contributed by atoms with Gasteiger partial charge in [0.15, 0.2) is 0 Å². The van der Waals surface area contributed by atoms with Crippen molar-refractivity contribution in [1.29, 1.82) is 0 Å². The molecule has 0 radical (unpaired) electrons. The monoisotopic (exact) mass is 299 g/mol. The van der Waals surface area contributed by atoms with Crippen molar-refractivity contribution >= 4 is 28.1 Å². The molecule has 0 aliphatic carbocycles. The summed E-state index contributed by atoms with van der Waals surface area (Å²) in [5, 5.41) is 3.65. The average Bonchev–Trinajstić information content (AvgIpc) is 2.91. The number of amides is 1. The van der Waals surface area contributed by atoms with E-state index in [0.29, 0.717) is 11.3 Å². The molecule has 0 saturated heterocycles. The number of methoxy groups -OCH3 is 1. The summed E-state index contributed by atoms with van der Waals surface area (Å²) in [5.41, 5.74) is 7.93. The number of pyridine rings is 1. The minimum atomic E-state index is -0.578. The Hall–Kier alpha value is -2.47. The van der Waals surface area contributed by atoms with E-state index in [1.54, 1.807) is 0 Å². The van der Waals surface area contributed by atoms with Crippen LogP contribution in [-0.4, -0.2) is 23.0 Å². The van der Waals surface area contributed by atoms with Crippen LogP contribution in [0, 0.1) is 6.92 Å². The van der Waals surface area contributed by atoms with Crippen LogP contribution < -0.4 is 10.5 Å². The SMILES string of the molecule is COc1nc2ccccc2c(-c2csc(C)n2)c1C(N)=O. The number of para-hydroxylation sites is 1. The number of benzene rings is 1. The van der Waals surface area contributed by atoms with Crippen LogP contribution >= 0.6 is 11.3 Å². The third-order valence-corrected chi connectivity index (χ3v) is 3.95. The molecule has 21 heavy (non-hydrogen) atoms. The first-order valence-corrected chi connectivity index (χ1v) is 7.19. The molecule has 5 nitrogen and oxygen atoms in total. The molecule has 0 saturated carbocycles. The lowest BCUT2D eigenvalue weighted by Gasteiger charge is -2.12. The molecule has 0 bridgehead atoms. The van der Waals surface area contributed by atoms with E-state index in [-0.39, 0.29) is 11.4 Å². The Labute approximate surface area is 125 Å². The fourth-order valence-electron chi connectivity index (χ4n) is 2.31. The van der Waals surface area contributed by atoms with Crippen LogP contribution in [0.2, 0.25) is 0 Å². The van der Waals surface area contributed by atoms with E-state index in [1.807, 2.05) is 36.6 Å². The lowest BCUT2D eigenvalue weighted by atomic mass is 10.00. The molecule has 0 spiro atoms. The van der Waals surface area contributed by atoms with Crippen molar-refractivity contribution in [3.05, 3.63) is 40.2 Å². The van der Waals surface area contributed by atoms with E-state index >= 15 is 0 Å². The lowest BCUT2D eigenvalue weighted by Crippen LogP contribution is -2.15. The van der Waals surface area contributed by atoms with Gasteiger partial charge in [0, 0.05) is 16.3 Å². The summed E-state index contributed by atoms with van der Waals surface area (Å²) in [5.74, 6) is -0.354. The fraction of sp³-hybridized carbons (Fsp3) is 0.133. The zero-order valence-corrected chi connectivity index (χ0v) is 12.4. The quantitative estimate of drug-likeness (QED) is 0.806. The number of carbonyl (C=O) groups is 1. The second-order valence-electron chi connectivity index (χ2n) is 4.50. The average molecular weight is 299 g/mol. The third kappa shape index (κ3) is 2.23. The Morgan fingerprint density at radius 1 is 1.29 bits per heavy atom.